The summed E-state index contributed by atoms with van der Waals surface area (Å²) in [6.07, 6.45) is 5.73. The Morgan fingerprint density at radius 3 is 2.43 bits per heavy atom. The maximum Gasteiger partial charge on any atom is 0.270 e. The fourth-order valence-corrected chi connectivity index (χ4v) is 3.45. The van der Waals surface area contributed by atoms with Crippen LogP contribution in [-0.2, 0) is 11.3 Å². The third kappa shape index (κ3) is 4.79. The minimum absolute atomic E-state index is 0.193. The molecule has 3 rings (SSSR count). The molecule has 0 atom stereocenters. The normalized spacial score (nSPS) is 11.5. The Morgan fingerprint density at radius 2 is 1.73 bits per heavy atom. The summed E-state index contributed by atoms with van der Waals surface area (Å²) in [5.41, 5.74) is 2.81. The van der Waals surface area contributed by atoms with Gasteiger partial charge in [-0.15, -0.1) is 0 Å². The Bertz CT molecular complexity index is 1050. The van der Waals surface area contributed by atoms with Gasteiger partial charge in [-0.3, -0.25) is 9.59 Å². The van der Waals surface area contributed by atoms with Crippen LogP contribution in [0.3, 0.4) is 0 Å². The molecule has 0 saturated heterocycles. The van der Waals surface area contributed by atoms with Gasteiger partial charge < -0.3 is 14.8 Å². The van der Waals surface area contributed by atoms with Crippen LogP contribution in [0, 0.1) is 0 Å². The number of para-hydroxylation sites is 1. The number of benzene rings is 2. The number of aromatic nitrogens is 1. The molecule has 0 bridgehead atoms. The summed E-state index contributed by atoms with van der Waals surface area (Å²) in [6, 6.07) is 17.0. The molecule has 0 aliphatic heterocycles. The molecule has 1 N–H and O–H groups in total. The molecule has 0 fully saturated rings. The van der Waals surface area contributed by atoms with Gasteiger partial charge in [-0.2, -0.15) is 0 Å². The second-order valence-electron chi connectivity index (χ2n) is 7.35. The Labute approximate surface area is 178 Å². The van der Waals surface area contributed by atoms with Gasteiger partial charge in [0.1, 0.15) is 5.70 Å². The fraction of sp³-hybridized carbons (Fsp3) is 0.280. The van der Waals surface area contributed by atoms with Crippen LogP contribution in [0.4, 0.5) is 0 Å². The van der Waals surface area contributed by atoms with E-state index in [0.29, 0.717) is 12.1 Å². The van der Waals surface area contributed by atoms with Crippen LogP contribution >= 0.6 is 0 Å². The molecule has 2 amide bonds. The monoisotopic (exact) mass is 403 g/mol. The average Bonchev–Trinajstić information content (AvgIpc) is 3.14. The molecule has 0 radical (unpaired) electrons. The highest BCUT2D eigenvalue weighted by atomic mass is 16.2. The molecule has 0 aliphatic rings. The van der Waals surface area contributed by atoms with Crippen molar-refractivity contribution in [3.05, 3.63) is 77.6 Å². The highest BCUT2D eigenvalue weighted by Crippen LogP contribution is 2.23. The van der Waals surface area contributed by atoms with Crippen LogP contribution in [0.5, 0.6) is 0 Å². The summed E-state index contributed by atoms with van der Waals surface area (Å²) in [5, 5.41) is 3.90. The number of nitrogens with one attached hydrogen (secondary N) is 1. The van der Waals surface area contributed by atoms with Crippen LogP contribution in [0.1, 0.15) is 42.6 Å². The van der Waals surface area contributed by atoms with E-state index in [-0.39, 0.29) is 17.5 Å². The molecule has 1 heterocycles. The molecule has 2 aromatic carbocycles. The van der Waals surface area contributed by atoms with Crippen molar-refractivity contribution in [2.24, 2.45) is 0 Å². The second-order valence-corrected chi connectivity index (χ2v) is 7.35. The third-order valence-electron chi connectivity index (χ3n) is 5.17. The Hall–Kier alpha value is -3.34. The first kappa shape index (κ1) is 21.4. The van der Waals surface area contributed by atoms with Crippen LogP contribution in [0.15, 0.2) is 66.5 Å². The molecule has 3 aromatic rings. The van der Waals surface area contributed by atoms with Gasteiger partial charge in [-0.25, -0.2) is 0 Å². The molecular formula is C25H29N3O2. The number of carbonyl (C=O) groups is 2. The van der Waals surface area contributed by atoms with Crippen molar-refractivity contribution in [1.29, 1.82) is 0 Å². The Morgan fingerprint density at radius 1 is 1.03 bits per heavy atom. The predicted octanol–water partition coefficient (Wildman–Crippen LogP) is 4.69. The maximum atomic E-state index is 13.2. The molecule has 0 spiro atoms. The van der Waals surface area contributed by atoms with Crippen molar-refractivity contribution >= 4 is 28.8 Å². The topological polar surface area (TPSA) is 54.3 Å². The van der Waals surface area contributed by atoms with Crippen LogP contribution in [0.25, 0.3) is 17.0 Å². The molecule has 156 valence electrons. The number of nitrogens with zero attached hydrogens (tertiary/aromatic N) is 2. The van der Waals surface area contributed by atoms with Crippen molar-refractivity contribution < 1.29 is 9.59 Å². The van der Waals surface area contributed by atoms with Crippen LogP contribution in [-0.4, -0.2) is 34.9 Å². The first-order valence-corrected chi connectivity index (χ1v) is 10.5. The number of likely N-dealkylation sites (N-methyl/N-ethyl adjacent to an activating group) is 1. The van der Waals surface area contributed by atoms with E-state index < -0.39 is 0 Å². The first-order valence-electron chi connectivity index (χ1n) is 10.5. The molecule has 1 aromatic heterocycles. The van der Waals surface area contributed by atoms with Crippen LogP contribution < -0.4 is 5.32 Å². The van der Waals surface area contributed by atoms with Gasteiger partial charge in [0, 0.05) is 48.4 Å². The second kappa shape index (κ2) is 9.92. The van der Waals surface area contributed by atoms with E-state index in [1.54, 1.807) is 30.2 Å². The van der Waals surface area contributed by atoms with E-state index in [2.05, 4.69) is 29.8 Å². The van der Waals surface area contributed by atoms with E-state index >= 15 is 0 Å². The number of aryl methyl sites for hydroxylation is 1. The molecule has 0 saturated carbocycles. The lowest BCUT2D eigenvalue weighted by Crippen LogP contribution is -2.36. The SMILES string of the molecule is CCCCN(C)C(=O)/C(=C/c1cn(CC)c2ccccc12)NC(=O)c1ccccc1. The zero-order valence-corrected chi connectivity index (χ0v) is 17.9. The Kier molecular flexibility index (Phi) is 7.07. The highest BCUT2D eigenvalue weighted by Gasteiger charge is 2.19. The smallest absolute Gasteiger partial charge is 0.270 e. The minimum atomic E-state index is -0.293. The predicted molar refractivity (Wildman–Crippen MR) is 122 cm³/mol. The van der Waals surface area contributed by atoms with Crippen LogP contribution in [0.2, 0.25) is 0 Å². The number of amides is 2. The van der Waals surface area contributed by atoms with Gasteiger partial charge in [0.25, 0.3) is 11.8 Å². The molecular weight excluding hydrogens is 374 g/mol. The molecule has 5 heteroatoms. The standard InChI is InChI=1S/C25H29N3O2/c1-4-6-16-27(3)25(30)22(26-24(29)19-12-8-7-9-13-19)17-20-18-28(5-2)23-15-11-10-14-21(20)23/h7-15,17-18H,4-6,16H2,1-3H3,(H,26,29)/b22-17-. The molecule has 5 nitrogen and oxygen atoms in total. The van der Waals surface area contributed by atoms with Gasteiger partial charge in [0.2, 0.25) is 0 Å². The lowest BCUT2D eigenvalue weighted by Gasteiger charge is -2.19. The Balaban J connectivity index is 2.00. The lowest BCUT2D eigenvalue weighted by atomic mass is 10.1. The summed E-state index contributed by atoms with van der Waals surface area (Å²) in [5.74, 6) is -0.487. The van der Waals surface area contributed by atoms with Crippen molar-refractivity contribution in [2.75, 3.05) is 13.6 Å². The largest absolute Gasteiger partial charge is 0.347 e. The van der Waals surface area contributed by atoms with Gasteiger partial charge in [-0.05, 0) is 37.6 Å². The van der Waals surface area contributed by atoms with Crippen molar-refractivity contribution in [3.63, 3.8) is 0 Å². The van der Waals surface area contributed by atoms with Gasteiger partial charge in [-0.1, -0.05) is 49.7 Å². The summed E-state index contributed by atoms with van der Waals surface area (Å²) in [6.45, 7) is 5.64. The minimum Gasteiger partial charge on any atom is -0.347 e. The van der Waals surface area contributed by atoms with Gasteiger partial charge in [0.05, 0.1) is 0 Å². The van der Waals surface area contributed by atoms with E-state index in [1.807, 2.05) is 42.6 Å². The summed E-state index contributed by atoms with van der Waals surface area (Å²) in [4.78, 5) is 27.6. The number of hydrogen-bond donors (Lipinski definition) is 1. The van der Waals surface area contributed by atoms with Gasteiger partial charge >= 0.3 is 0 Å². The molecule has 30 heavy (non-hydrogen) atoms. The zero-order valence-electron chi connectivity index (χ0n) is 17.9. The summed E-state index contributed by atoms with van der Waals surface area (Å²) >= 11 is 0. The number of fused-ring (bicyclic) bond motifs is 1. The first-order chi connectivity index (χ1) is 14.5. The van der Waals surface area contributed by atoms with E-state index in [9.17, 15) is 9.59 Å². The van der Waals surface area contributed by atoms with E-state index in [1.165, 1.54) is 0 Å². The number of unbranched alkanes of at least 4 members (excludes halogenated alkanes) is 1. The fourth-order valence-electron chi connectivity index (χ4n) is 3.45. The molecule has 0 unspecified atom stereocenters. The van der Waals surface area contributed by atoms with Crippen molar-refractivity contribution in [2.45, 2.75) is 33.2 Å². The van der Waals surface area contributed by atoms with Crippen molar-refractivity contribution in [3.8, 4) is 0 Å². The third-order valence-corrected chi connectivity index (χ3v) is 5.17. The van der Waals surface area contributed by atoms with Crippen molar-refractivity contribution in [1.82, 2.24) is 14.8 Å². The number of carbonyl (C=O) groups excluding carboxylic acids is 2. The quantitative estimate of drug-likeness (QED) is 0.555. The zero-order chi connectivity index (χ0) is 21.5. The van der Waals surface area contributed by atoms with E-state index in [4.69, 9.17) is 0 Å². The summed E-state index contributed by atoms with van der Waals surface area (Å²) in [7, 11) is 1.77. The number of hydrogen-bond acceptors (Lipinski definition) is 2. The number of rotatable bonds is 8. The highest BCUT2D eigenvalue weighted by molar-refractivity contribution is 6.06. The summed E-state index contributed by atoms with van der Waals surface area (Å²) < 4.78 is 2.14. The lowest BCUT2D eigenvalue weighted by molar-refractivity contribution is -0.126. The molecule has 0 aliphatic carbocycles. The maximum absolute atomic E-state index is 13.2. The average molecular weight is 404 g/mol. The van der Waals surface area contributed by atoms with Gasteiger partial charge in [0.15, 0.2) is 0 Å². The van der Waals surface area contributed by atoms with E-state index in [0.717, 1.165) is 35.9 Å².